The zero-order chi connectivity index (χ0) is 29.8. The predicted molar refractivity (Wildman–Crippen MR) is 117 cm³/mol. The molecule has 2 radical (unpaired) electrons. The molecule has 2 amide bonds. The molecule has 16 nitrogen and oxygen atoms in total. The minimum Gasteiger partial charge on any atom is 0 e. The molecule has 2 aliphatic heterocycles. The van der Waals surface area contributed by atoms with Crippen LogP contribution in [0.25, 0.3) is 10.6 Å². The van der Waals surface area contributed by atoms with E-state index in [2.05, 4.69) is 10.6 Å². The van der Waals surface area contributed by atoms with E-state index in [4.69, 9.17) is 23.6 Å². The van der Waals surface area contributed by atoms with Gasteiger partial charge >= 0.3 is 29.0 Å². The maximum atomic E-state index is 11.7. The van der Waals surface area contributed by atoms with E-state index in [-0.39, 0.29) is 139 Å². The summed E-state index contributed by atoms with van der Waals surface area (Å²) in [5.74, 6) is -1.75. The van der Waals surface area contributed by atoms with Crippen molar-refractivity contribution in [2.45, 2.75) is 87.2 Å². The fourth-order valence-corrected chi connectivity index (χ4v) is 4.40. The van der Waals surface area contributed by atoms with Crippen LogP contribution in [0.5, 0.6) is 0 Å². The van der Waals surface area contributed by atoms with Crippen molar-refractivity contribution in [2.75, 3.05) is 13.2 Å². The first-order valence-corrected chi connectivity index (χ1v) is 16.0. The number of amides is 2. The Morgan fingerprint density at radius 1 is 0.791 bits per heavy atom. The number of Topliss-reactive ketones (excluding diaryl/α,β-unsaturated/α-hetero) is 1. The second kappa shape index (κ2) is 20.5. The van der Waals surface area contributed by atoms with Crippen molar-refractivity contribution in [1.29, 1.82) is 0 Å². The number of hydrogen-bond acceptors (Lipinski definition) is 14. The van der Waals surface area contributed by atoms with E-state index in [1.165, 1.54) is 12.2 Å². The summed E-state index contributed by atoms with van der Waals surface area (Å²) in [5, 5.41) is 46.9. The van der Waals surface area contributed by atoms with Gasteiger partial charge in [0.15, 0.2) is 11.6 Å². The van der Waals surface area contributed by atoms with Crippen molar-refractivity contribution < 1.29 is 186 Å². The first-order valence-electron chi connectivity index (χ1n) is 11.8. The van der Waals surface area contributed by atoms with Crippen LogP contribution < -0.4 is 0 Å². The molecule has 4 aliphatic rings. The second-order valence-electron chi connectivity index (χ2n) is 9.20. The quantitative estimate of drug-likeness (QED) is 0.217. The molecule has 0 aromatic heterocycles. The molecule has 0 bridgehead atoms. The summed E-state index contributed by atoms with van der Waals surface area (Å²) in [4.78, 5) is 45.1. The third-order valence-corrected chi connectivity index (χ3v) is 6.34. The van der Waals surface area contributed by atoms with Gasteiger partial charge in [0.2, 0.25) is 0 Å². The third-order valence-electron chi connectivity index (χ3n) is 6.34. The summed E-state index contributed by atoms with van der Waals surface area (Å²) in [5.41, 5.74) is -2.41. The minimum absolute atomic E-state index is 0. The van der Waals surface area contributed by atoms with E-state index < -0.39 is 74.2 Å². The summed E-state index contributed by atoms with van der Waals surface area (Å²) >= 11 is -6.06. The molecule has 4 rings (SSSR count). The summed E-state index contributed by atoms with van der Waals surface area (Å²) in [6.07, 6.45) is -3.62. The van der Waals surface area contributed by atoms with E-state index in [1.54, 1.807) is 0 Å². The van der Waals surface area contributed by atoms with Gasteiger partial charge in [-0.25, -0.2) is 0 Å². The molecule has 2 saturated heterocycles. The number of nitrogens with zero attached hydrogens (tertiary/aromatic N) is 2. The van der Waals surface area contributed by atoms with Gasteiger partial charge in [0, 0.05) is 121 Å². The van der Waals surface area contributed by atoms with Crippen LogP contribution in [0.15, 0.2) is 12.2 Å². The van der Waals surface area contributed by atoms with Gasteiger partial charge < -0.3 is 50.1 Å². The first kappa shape index (κ1) is 48.6. The first-order chi connectivity index (χ1) is 18.0. The Kier molecular flexibility index (Phi) is 23.2. The number of carbonyl (C=O) groups excluding carboxylic acids is 4. The van der Waals surface area contributed by atoms with E-state index in [0.29, 0.717) is 13.0 Å². The van der Waals surface area contributed by atoms with Crippen molar-refractivity contribution in [3.63, 3.8) is 0 Å². The maximum Gasteiger partial charge on any atom is 0 e. The van der Waals surface area contributed by atoms with Crippen LogP contribution in [0.3, 0.4) is 0 Å². The van der Waals surface area contributed by atoms with Gasteiger partial charge in [-0.05, 0) is 42.8 Å². The Morgan fingerprint density at radius 2 is 1.21 bits per heavy atom. The van der Waals surface area contributed by atoms with Gasteiger partial charge in [-0.2, -0.15) is 0 Å². The molecule has 21 heteroatoms. The van der Waals surface area contributed by atoms with E-state index in [0.717, 1.165) is 6.42 Å². The average molecular weight is 1280 g/mol. The molecule has 4 N–H and O–H groups in total. The molecule has 2 spiro atoms. The number of hydrogen-bond donors (Lipinski definition) is 4. The SMILES string of the molecule is CCCO[C@@H]1C(=O)C=CC2(CC(=O)[N-]2)[C@@H]1O.CCCO[C@@H]1C(=O)[C@@H](O)[C@@H](O)C2(CC(=O)[N-]2)[C@@H]1O.[O]=[Os](=[O])(=[O])=[O].[W].[W].[Y].[Y]. The molecule has 8 atom stereocenters. The van der Waals surface area contributed by atoms with E-state index in [9.17, 15) is 39.6 Å². The molecular formula is C22H30N2O14OsW2Y2-2. The maximum absolute atomic E-state index is 11.7. The van der Waals surface area contributed by atoms with Crippen LogP contribution in [-0.4, -0.2) is 105 Å². The molecule has 2 unspecified atom stereocenters. The normalized spacial score (nSPS) is 33.5. The number of rotatable bonds is 6. The van der Waals surface area contributed by atoms with Crippen LogP contribution >= 0.6 is 0 Å². The molecule has 2 heterocycles. The van der Waals surface area contributed by atoms with Crippen LogP contribution in [0.4, 0.5) is 0 Å². The van der Waals surface area contributed by atoms with E-state index >= 15 is 0 Å². The van der Waals surface area contributed by atoms with Crippen LogP contribution in [-0.2, 0) is 165 Å². The molecule has 43 heavy (non-hydrogen) atoms. The molecular weight excluding hydrogens is 1250 g/mol. The van der Waals surface area contributed by atoms with Gasteiger partial charge in [-0.3, -0.25) is 9.59 Å². The Balaban J connectivity index is -0.000000598. The monoisotopic (exact) mass is 1280 g/mol. The molecule has 3 fully saturated rings. The van der Waals surface area contributed by atoms with Crippen molar-refractivity contribution >= 4 is 23.4 Å². The smallest absolute Gasteiger partial charge is 0 e. The van der Waals surface area contributed by atoms with E-state index in [1.807, 2.05) is 13.8 Å². The topological polar surface area (TPSA) is 264 Å². The summed E-state index contributed by atoms with van der Waals surface area (Å²) < 4.78 is 45.0. The zero-order valence-electron chi connectivity index (χ0n) is 23.0. The molecule has 2 aliphatic carbocycles. The van der Waals surface area contributed by atoms with Gasteiger partial charge in [0.05, 0.1) is 30.1 Å². The zero-order valence-corrected chi connectivity index (χ0v) is 37.0. The Hall–Kier alpha value is 1.20. The summed E-state index contributed by atoms with van der Waals surface area (Å²) in [6, 6.07) is 0. The molecule has 0 aromatic rings. The molecule has 0 aromatic carbocycles. The Bertz CT molecular complexity index is 1200. The number of ketones is 2. The number of aliphatic hydroxyl groups excluding tert-OH is 4. The van der Waals surface area contributed by atoms with Crippen molar-refractivity contribution in [3.05, 3.63) is 22.8 Å². The van der Waals surface area contributed by atoms with Crippen molar-refractivity contribution in [1.82, 2.24) is 0 Å². The number of aliphatic hydroxyl groups is 4. The average Bonchev–Trinajstić information content (AvgIpc) is 2.80. The standard InChI is InChI=1S/C11H17NO6.C11H15NO4.4O.Os.2W.2Y/c1-2-3-18-8-6(14)7(15)9(16)11(10(8)17)4-5(13)12-11;1-2-5-16-9-7(13)3-4-11(10(9)15)6-8(14)12-11;;;;;;;;;/h7-10,15-17H,2-4H2,1H3,(H,12,13);3-4,9-10,15H,2,5-6H2,1H3,(H,12,14);;;;;;;;;/p-2/t7-,8-,9-,10-,11?;9-,10-,11?;;;;;;;;;/m11........./s1. The van der Waals surface area contributed by atoms with Crippen LogP contribution in [0, 0.1) is 0 Å². The van der Waals surface area contributed by atoms with Gasteiger partial charge in [0.1, 0.15) is 18.3 Å². The van der Waals surface area contributed by atoms with Gasteiger partial charge in [0.25, 0.3) is 0 Å². The third kappa shape index (κ3) is 12.3. The van der Waals surface area contributed by atoms with Crippen molar-refractivity contribution in [3.8, 4) is 0 Å². The minimum atomic E-state index is -6.06. The summed E-state index contributed by atoms with van der Waals surface area (Å²) in [7, 11) is 0. The fraction of sp³-hybridized carbons (Fsp3) is 0.727. The Labute approximate surface area is 328 Å². The summed E-state index contributed by atoms with van der Waals surface area (Å²) in [6.45, 7) is 4.39. The second-order valence-corrected chi connectivity index (χ2v) is 11.7. The molecule has 240 valence electrons. The van der Waals surface area contributed by atoms with Gasteiger partial charge in [-0.15, -0.1) is 0 Å². The molecule has 1 saturated carbocycles. The van der Waals surface area contributed by atoms with Crippen LogP contribution in [0.1, 0.15) is 39.5 Å². The number of carbonyl (C=O) groups is 4. The number of β-lactam (4-membered cyclic amide) rings is 2. The number of ether oxygens (including phenoxy) is 2. The van der Waals surface area contributed by atoms with Crippen LogP contribution in [0.2, 0.25) is 0 Å². The van der Waals surface area contributed by atoms with Gasteiger partial charge in [-0.1, -0.05) is 19.9 Å². The predicted octanol–water partition coefficient (Wildman–Crippen LogP) is -1.67. The Morgan fingerprint density at radius 3 is 1.60 bits per heavy atom. The van der Waals surface area contributed by atoms with Crippen molar-refractivity contribution in [2.24, 2.45) is 0 Å². The largest absolute Gasteiger partial charge is 0 e. The fourth-order valence-electron chi connectivity index (χ4n) is 4.40.